The van der Waals surface area contributed by atoms with E-state index in [0.717, 1.165) is 24.8 Å². The van der Waals surface area contributed by atoms with Crippen LogP contribution in [-0.4, -0.2) is 18.5 Å². The molecule has 1 aromatic rings. The van der Waals surface area contributed by atoms with Gasteiger partial charge >= 0.3 is 0 Å². The first kappa shape index (κ1) is 14.0. The third kappa shape index (κ3) is 4.03. The van der Waals surface area contributed by atoms with Gasteiger partial charge in [-0.2, -0.15) is 0 Å². The Balaban J connectivity index is 1.77. The number of benzene rings is 1. The molecule has 4 heteroatoms. The standard InChI is InChI=1S/C15H21FN2O/c16-13-7-4-11(5-8-13)6-9-15(19)18-14-3-1-2-12(14)10-17/h4-5,7-8,12,14H,1-3,6,9-10,17H2,(H,18,19). The molecule has 1 aliphatic carbocycles. The minimum Gasteiger partial charge on any atom is -0.353 e. The number of amides is 1. The highest BCUT2D eigenvalue weighted by Crippen LogP contribution is 2.24. The summed E-state index contributed by atoms with van der Waals surface area (Å²) in [7, 11) is 0. The number of hydrogen-bond acceptors (Lipinski definition) is 2. The molecule has 3 N–H and O–H groups in total. The fraction of sp³-hybridized carbons (Fsp3) is 0.533. The highest BCUT2D eigenvalue weighted by atomic mass is 19.1. The Kier molecular flexibility index (Phi) is 4.91. The van der Waals surface area contributed by atoms with E-state index in [-0.39, 0.29) is 17.8 Å². The summed E-state index contributed by atoms with van der Waals surface area (Å²) >= 11 is 0. The van der Waals surface area contributed by atoms with Gasteiger partial charge in [-0.3, -0.25) is 4.79 Å². The molecule has 2 rings (SSSR count). The first-order chi connectivity index (χ1) is 9.19. The number of carbonyl (C=O) groups is 1. The maximum atomic E-state index is 12.7. The topological polar surface area (TPSA) is 55.1 Å². The van der Waals surface area contributed by atoms with E-state index in [1.54, 1.807) is 12.1 Å². The number of carbonyl (C=O) groups excluding carboxylic acids is 1. The molecular formula is C15H21FN2O. The van der Waals surface area contributed by atoms with Crippen molar-refractivity contribution in [3.8, 4) is 0 Å². The molecule has 0 aromatic heterocycles. The molecule has 1 aromatic carbocycles. The van der Waals surface area contributed by atoms with Gasteiger partial charge < -0.3 is 11.1 Å². The number of halogens is 1. The van der Waals surface area contributed by atoms with Gasteiger partial charge in [-0.15, -0.1) is 0 Å². The molecule has 0 heterocycles. The number of hydrogen-bond donors (Lipinski definition) is 2. The van der Waals surface area contributed by atoms with Crippen LogP contribution in [0.1, 0.15) is 31.2 Å². The zero-order valence-electron chi connectivity index (χ0n) is 11.1. The van der Waals surface area contributed by atoms with Gasteiger partial charge in [-0.25, -0.2) is 4.39 Å². The minimum atomic E-state index is -0.245. The highest BCUT2D eigenvalue weighted by Gasteiger charge is 2.26. The van der Waals surface area contributed by atoms with E-state index in [0.29, 0.717) is 25.3 Å². The molecule has 0 saturated heterocycles. The van der Waals surface area contributed by atoms with E-state index in [1.807, 2.05) is 0 Å². The Morgan fingerprint density at radius 1 is 1.32 bits per heavy atom. The van der Waals surface area contributed by atoms with Crippen LogP contribution in [0, 0.1) is 11.7 Å². The predicted molar refractivity (Wildman–Crippen MR) is 73.0 cm³/mol. The van der Waals surface area contributed by atoms with E-state index < -0.39 is 0 Å². The third-order valence-electron chi connectivity index (χ3n) is 3.86. The van der Waals surface area contributed by atoms with Crippen LogP contribution in [0.25, 0.3) is 0 Å². The lowest BCUT2D eigenvalue weighted by Crippen LogP contribution is -2.39. The molecule has 0 aliphatic heterocycles. The Hall–Kier alpha value is -1.42. The second-order valence-corrected chi connectivity index (χ2v) is 5.23. The normalized spacial score (nSPS) is 22.4. The van der Waals surface area contributed by atoms with Gasteiger partial charge in [-0.05, 0) is 49.4 Å². The molecule has 0 spiro atoms. The van der Waals surface area contributed by atoms with Crippen LogP contribution in [-0.2, 0) is 11.2 Å². The van der Waals surface area contributed by atoms with Crippen molar-refractivity contribution in [1.29, 1.82) is 0 Å². The average Bonchev–Trinajstić information content (AvgIpc) is 2.85. The van der Waals surface area contributed by atoms with Crippen LogP contribution in [0.15, 0.2) is 24.3 Å². The van der Waals surface area contributed by atoms with Crippen LogP contribution in [0.3, 0.4) is 0 Å². The van der Waals surface area contributed by atoms with E-state index in [9.17, 15) is 9.18 Å². The zero-order valence-corrected chi connectivity index (χ0v) is 11.1. The Morgan fingerprint density at radius 3 is 2.74 bits per heavy atom. The number of aryl methyl sites for hydroxylation is 1. The Bertz CT molecular complexity index is 419. The average molecular weight is 264 g/mol. The van der Waals surface area contributed by atoms with Crippen molar-refractivity contribution in [2.45, 2.75) is 38.1 Å². The maximum Gasteiger partial charge on any atom is 0.220 e. The first-order valence-electron chi connectivity index (χ1n) is 6.93. The van der Waals surface area contributed by atoms with E-state index in [2.05, 4.69) is 5.32 Å². The van der Waals surface area contributed by atoms with Crippen molar-refractivity contribution in [2.75, 3.05) is 6.54 Å². The lowest BCUT2D eigenvalue weighted by molar-refractivity contribution is -0.122. The van der Waals surface area contributed by atoms with E-state index in [1.165, 1.54) is 12.1 Å². The van der Waals surface area contributed by atoms with Gasteiger partial charge in [-0.1, -0.05) is 18.6 Å². The monoisotopic (exact) mass is 264 g/mol. The van der Waals surface area contributed by atoms with E-state index in [4.69, 9.17) is 5.73 Å². The molecule has 0 bridgehead atoms. The summed E-state index contributed by atoms with van der Waals surface area (Å²) in [5.41, 5.74) is 6.68. The molecular weight excluding hydrogens is 243 g/mol. The molecule has 2 atom stereocenters. The van der Waals surface area contributed by atoms with Gasteiger partial charge in [0.05, 0.1) is 0 Å². The predicted octanol–water partition coefficient (Wildman–Crippen LogP) is 2.00. The molecule has 1 saturated carbocycles. The summed E-state index contributed by atoms with van der Waals surface area (Å²) in [4.78, 5) is 11.9. The Morgan fingerprint density at radius 2 is 2.05 bits per heavy atom. The molecule has 19 heavy (non-hydrogen) atoms. The molecule has 104 valence electrons. The zero-order chi connectivity index (χ0) is 13.7. The SMILES string of the molecule is NCC1CCCC1NC(=O)CCc1ccc(F)cc1. The smallest absolute Gasteiger partial charge is 0.220 e. The van der Waals surface area contributed by atoms with Gasteiger partial charge in [0.15, 0.2) is 0 Å². The largest absolute Gasteiger partial charge is 0.353 e. The van der Waals surface area contributed by atoms with Gasteiger partial charge in [0, 0.05) is 12.5 Å². The Labute approximate surface area is 113 Å². The molecule has 0 radical (unpaired) electrons. The molecule has 2 unspecified atom stereocenters. The van der Waals surface area contributed by atoms with Crippen LogP contribution >= 0.6 is 0 Å². The fourth-order valence-electron chi connectivity index (χ4n) is 2.70. The van der Waals surface area contributed by atoms with Gasteiger partial charge in [0.25, 0.3) is 0 Å². The number of nitrogens with two attached hydrogens (primary N) is 1. The van der Waals surface area contributed by atoms with Crippen molar-refractivity contribution < 1.29 is 9.18 Å². The summed E-state index contributed by atoms with van der Waals surface area (Å²) in [6, 6.07) is 6.54. The first-order valence-corrected chi connectivity index (χ1v) is 6.93. The number of rotatable bonds is 5. The molecule has 3 nitrogen and oxygen atoms in total. The molecule has 1 fully saturated rings. The van der Waals surface area contributed by atoms with Crippen LogP contribution in [0.5, 0.6) is 0 Å². The molecule has 1 amide bonds. The van der Waals surface area contributed by atoms with Crippen molar-refractivity contribution >= 4 is 5.91 Å². The summed E-state index contributed by atoms with van der Waals surface area (Å²) in [5, 5.41) is 3.07. The van der Waals surface area contributed by atoms with Crippen molar-refractivity contribution in [3.05, 3.63) is 35.6 Å². The van der Waals surface area contributed by atoms with Crippen molar-refractivity contribution in [2.24, 2.45) is 11.7 Å². The van der Waals surface area contributed by atoms with Crippen LogP contribution in [0.2, 0.25) is 0 Å². The number of nitrogens with one attached hydrogen (secondary N) is 1. The van der Waals surface area contributed by atoms with E-state index >= 15 is 0 Å². The van der Waals surface area contributed by atoms with Crippen molar-refractivity contribution in [1.82, 2.24) is 5.32 Å². The van der Waals surface area contributed by atoms with Gasteiger partial charge in [0.2, 0.25) is 5.91 Å². The minimum absolute atomic E-state index is 0.0645. The second-order valence-electron chi connectivity index (χ2n) is 5.23. The lowest BCUT2D eigenvalue weighted by Gasteiger charge is -2.19. The van der Waals surface area contributed by atoms with Crippen LogP contribution < -0.4 is 11.1 Å². The molecule has 1 aliphatic rings. The summed E-state index contributed by atoms with van der Waals surface area (Å²) < 4.78 is 12.7. The summed E-state index contributed by atoms with van der Waals surface area (Å²) in [5.74, 6) is 0.245. The lowest BCUT2D eigenvalue weighted by atomic mass is 10.0. The fourth-order valence-corrected chi connectivity index (χ4v) is 2.70. The van der Waals surface area contributed by atoms with Gasteiger partial charge in [0.1, 0.15) is 5.82 Å². The van der Waals surface area contributed by atoms with Crippen molar-refractivity contribution in [3.63, 3.8) is 0 Å². The third-order valence-corrected chi connectivity index (χ3v) is 3.86. The highest BCUT2D eigenvalue weighted by molar-refractivity contribution is 5.76. The summed E-state index contributed by atoms with van der Waals surface area (Å²) in [6.07, 6.45) is 4.37. The van der Waals surface area contributed by atoms with Crippen LogP contribution in [0.4, 0.5) is 4.39 Å². The quantitative estimate of drug-likeness (QED) is 0.854. The second kappa shape index (κ2) is 6.66. The summed E-state index contributed by atoms with van der Waals surface area (Å²) in [6.45, 7) is 0.642. The maximum absolute atomic E-state index is 12.7.